The predicted molar refractivity (Wildman–Crippen MR) is 174 cm³/mol. The van der Waals surface area contributed by atoms with Gasteiger partial charge in [0.2, 0.25) is 5.91 Å². The lowest BCUT2D eigenvalue weighted by Crippen LogP contribution is -2.50. The van der Waals surface area contributed by atoms with Gasteiger partial charge in [0.25, 0.3) is 0 Å². The highest BCUT2D eigenvalue weighted by molar-refractivity contribution is 5.80. The monoisotopic (exact) mass is 644 g/mol. The van der Waals surface area contributed by atoms with E-state index in [1.165, 1.54) is 0 Å². The lowest BCUT2D eigenvalue weighted by atomic mass is 9.89. The highest BCUT2D eigenvalue weighted by atomic mass is 16.7. The van der Waals surface area contributed by atoms with Gasteiger partial charge in [0.1, 0.15) is 0 Å². The van der Waals surface area contributed by atoms with E-state index in [1.54, 1.807) is 0 Å². The molecule has 3 N–H and O–H groups in total. The van der Waals surface area contributed by atoms with Crippen LogP contribution in [0.4, 0.5) is 0 Å². The molecule has 0 aliphatic carbocycles. The van der Waals surface area contributed by atoms with Crippen LogP contribution < -0.4 is 5.32 Å². The molecule has 3 aromatic rings. The zero-order valence-corrected chi connectivity index (χ0v) is 26.8. The standard InChI is InChI=1S/C37H44N2O8/c1-25-32(23-39-17-15-37(16-18-39)44-19-20-45-37)46-36(47-35(25)29-7-5-26(24-40)6-8-29)30-11-9-28(10-12-30)31-4-2-3-27(21-31)22-38-33(41)13-14-34(42)43/h2-12,21,25,32,35-36,40H,13-20,22-24H2,1H3,(H,38,41)(H,42,43). The van der Waals surface area contributed by atoms with Crippen LogP contribution in [0.1, 0.15) is 67.3 Å². The Bertz CT molecular complexity index is 1500. The van der Waals surface area contributed by atoms with Crippen LogP contribution in [0.3, 0.4) is 0 Å². The third-order valence-corrected chi connectivity index (χ3v) is 9.49. The first kappa shape index (κ1) is 33.3. The minimum absolute atomic E-state index is 0.00369. The van der Waals surface area contributed by atoms with Crippen molar-refractivity contribution >= 4 is 11.9 Å². The number of carboxylic acids is 1. The fourth-order valence-electron chi connectivity index (χ4n) is 6.65. The summed E-state index contributed by atoms with van der Waals surface area (Å²) in [4.78, 5) is 25.2. The fraction of sp³-hybridized carbons (Fsp3) is 0.459. The number of carbonyl (C=O) groups is 2. The maximum Gasteiger partial charge on any atom is 0.303 e. The van der Waals surface area contributed by atoms with Crippen LogP contribution in [-0.4, -0.2) is 71.7 Å². The van der Waals surface area contributed by atoms with Gasteiger partial charge in [0.15, 0.2) is 12.1 Å². The molecule has 3 heterocycles. The molecule has 0 aromatic heterocycles. The summed E-state index contributed by atoms with van der Waals surface area (Å²) in [5.41, 5.74) is 5.79. The van der Waals surface area contributed by atoms with Gasteiger partial charge in [-0.05, 0) is 33.9 Å². The van der Waals surface area contributed by atoms with Crippen LogP contribution in [0.15, 0.2) is 72.8 Å². The number of nitrogens with one attached hydrogen (secondary N) is 1. The molecule has 3 aliphatic rings. The topological polar surface area (TPSA) is 127 Å². The number of rotatable bonds is 11. The second-order valence-corrected chi connectivity index (χ2v) is 12.7. The van der Waals surface area contributed by atoms with Crippen LogP contribution >= 0.6 is 0 Å². The highest BCUT2D eigenvalue weighted by Crippen LogP contribution is 2.42. The molecule has 0 bridgehead atoms. The van der Waals surface area contributed by atoms with Gasteiger partial charge in [-0.3, -0.25) is 9.59 Å². The Morgan fingerprint density at radius 3 is 2.26 bits per heavy atom. The zero-order chi connectivity index (χ0) is 32.8. The molecule has 0 saturated carbocycles. The Hall–Kier alpha value is -3.64. The second-order valence-electron chi connectivity index (χ2n) is 12.7. The van der Waals surface area contributed by atoms with Crippen LogP contribution in [0.25, 0.3) is 11.1 Å². The Kier molecular flexibility index (Phi) is 10.7. The number of piperidine rings is 1. The molecular formula is C37H44N2O8. The van der Waals surface area contributed by atoms with Crippen molar-refractivity contribution in [2.45, 2.75) is 70.0 Å². The smallest absolute Gasteiger partial charge is 0.303 e. The molecule has 4 unspecified atom stereocenters. The number of ether oxygens (including phenoxy) is 4. The molecule has 3 fully saturated rings. The van der Waals surface area contributed by atoms with Crippen LogP contribution in [0, 0.1) is 5.92 Å². The molecule has 1 spiro atoms. The summed E-state index contributed by atoms with van der Waals surface area (Å²) in [6, 6.07) is 24.1. The molecule has 3 aromatic carbocycles. The van der Waals surface area contributed by atoms with E-state index >= 15 is 0 Å². The largest absolute Gasteiger partial charge is 0.481 e. The van der Waals surface area contributed by atoms with E-state index in [0.717, 1.165) is 65.9 Å². The highest BCUT2D eigenvalue weighted by Gasteiger charge is 2.43. The number of benzene rings is 3. The van der Waals surface area contributed by atoms with Crippen molar-refractivity contribution in [2.75, 3.05) is 32.8 Å². The van der Waals surface area contributed by atoms with Crippen molar-refractivity contribution in [1.82, 2.24) is 10.2 Å². The minimum atomic E-state index is -0.989. The molecule has 3 saturated heterocycles. The Morgan fingerprint density at radius 2 is 1.57 bits per heavy atom. The number of hydrogen-bond acceptors (Lipinski definition) is 8. The summed E-state index contributed by atoms with van der Waals surface area (Å²) in [6.07, 6.45) is 0.646. The molecule has 250 valence electrons. The van der Waals surface area contributed by atoms with E-state index in [1.807, 2.05) is 60.7 Å². The fourth-order valence-corrected chi connectivity index (χ4v) is 6.65. The van der Waals surface area contributed by atoms with Crippen LogP contribution in [0.2, 0.25) is 0 Å². The van der Waals surface area contributed by atoms with Gasteiger partial charge in [0.05, 0.1) is 38.4 Å². The number of hydrogen-bond donors (Lipinski definition) is 3. The number of amides is 1. The summed E-state index contributed by atoms with van der Waals surface area (Å²) in [7, 11) is 0. The summed E-state index contributed by atoms with van der Waals surface area (Å²) >= 11 is 0. The number of aliphatic hydroxyl groups excluding tert-OH is 1. The SMILES string of the molecule is CC1C(CN2CCC3(CC2)OCCO3)OC(c2ccc(-c3cccc(CNC(=O)CCC(=O)O)c3)cc2)OC1c1ccc(CO)cc1. The third-order valence-electron chi connectivity index (χ3n) is 9.49. The maximum atomic E-state index is 12.0. The number of aliphatic carboxylic acids is 1. The normalized spacial score (nSPS) is 24.3. The maximum absolute atomic E-state index is 12.0. The first-order valence-electron chi connectivity index (χ1n) is 16.5. The molecular weight excluding hydrogens is 600 g/mol. The number of carbonyl (C=O) groups excluding carboxylic acids is 1. The lowest BCUT2D eigenvalue weighted by Gasteiger charge is -2.44. The Labute approximate surface area is 275 Å². The molecule has 4 atom stereocenters. The van der Waals surface area contributed by atoms with E-state index in [-0.39, 0.29) is 43.5 Å². The predicted octanol–water partition coefficient (Wildman–Crippen LogP) is 4.96. The average molecular weight is 645 g/mol. The molecule has 47 heavy (non-hydrogen) atoms. The summed E-state index contributed by atoms with van der Waals surface area (Å²) in [5.74, 6) is -1.61. The van der Waals surface area contributed by atoms with Gasteiger partial charge in [0, 0.05) is 56.9 Å². The van der Waals surface area contributed by atoms with E-state index in [2.05, 4.69) is 29.3 Å². The van der Waals surface area contributed by atoms with Crippen molar-refractivity contribution in [3.63, 3.8) is 0 Å². The lowest BCUT2D eigenvalue weighted by molar-refractivity contribution is -0.278. The zero-order valence-electron chi connectivity index (χ0n) is 26.8. The minimum Gasteiger partial charge on any atom is -0.481 e. The van der Waals surface area contributed by atoms with Crippen LogP contribution in [0.5, 0.6) is 0 Å². The molecule has 3 aliphatic heterocycles. The first-order valence-corrected chi connectivity index (χ1v) is 16.5. The molecule has 10 nitrogen and oxygen atoms in total. The molecule has 10 heteroatoms. The second kappa shape index (κ2) is 15.1. The summed E-state index contributed by atoms with van der Waals surface area (Å²) in [6.45, 7) is 6.38. The van der Waals surface area contributed by atoms with Crippen molar-refractivity contribution in [1.29, 1.82) is 0 Å². The van der Waals surface area contributed by atoms with Gasteiger partial charge in [-0.15, -0.1) is 0 Å². The van der Waals surface area contributed by atoms with E-state index in [4.69, 9.17) is 24.1 Å². The summed E-state index contributed by atoms with van der Waals surface area (Å²) < 4.78 is 25.3. The number of aliphatic hydroxyl groups is 1. The molecule has 6 rings (SSSR count). The quantitative estimate of drug-likeness (QED) is 0.266. The van der Waals surface area contributed by atoms with Crippen molar-refractivity contribution in [3.8, 4) is 11.1 Å². The van der Waals surface area contributed by atoms with Gasteiger partial charge < -0.3 is 39.4 Å². The van der Waals surface area contributed by atoms with Gasteiger partial charge in [-0.25, -0.2) is 0 Å². The Morgan fingerprint density at radius 1 is 0.872 bits per heavy atom. The van der Waals surface area contributed by atoms with E-state index < -0.39 is 18.0 Å². The van der Waals surface area contributed by atoms with Crippen molar-refractivity contribution < 1.29 is 38.7 Å². The summed E-state index contributed by atoms with van der Waals surface area (Å²) in [5, 5.41) is 21.2. The number of likely N-dealkylation sites (tertiary alicyclic amines) is 1. The van der Waals surface area contributed by atoms with Gasteiger partial charge >= 0.3 is 5.97 Å². The Balaban J connectivity index is 1.15. The average Bonchev–Trinajstić information content (AvgIpc) is 3.56. The van der Waals surface area contributed by atoms with Crippen LogP contribution in [-0.2, 0) is 41.7 Å². The third kappa shape index (κ3) is 8.27. The van der Waals surface area contributed by atoms with Crippen molar-refractivity contribution in [2.24, 2.45) is 5.92 Å². The van der Waals surface area contributed by atoms with E-state index in [9.17, 15) is 14.7 Å². The van der Waals surface area contributed by atoms with Gasteiger partial charge in [-0.1, -0.05) is 73.7 Å². The number of carboxylic acid groups (broad SMARTS) is 1. The van der Waals surface area contributed by atoms with E-state index in [0.29, 0.717) is 19.8 Å². The van der Waals surface area contributed by atoms with Crippen molar-refractivity contribution in [3.05, 3.63) is 95.1 Å². The molecule has 0 radical (unpaired) electrons. The van der Waals surface area contributed by atoms with Gasteiger partial charge in [-0.2, -0.15) is 0 Å². The number of nitrogens with zero attached hydrogens (tertiary/aromatic N) is 1. The first-order chi connectivity index (χ1) is 22.8. The molecule has 1 amide bonds.